The minimum absolute atomic E-state index is 0.837. The summed E-state index contributed by atoms with van der Waals surface area (Å²) in [4.78, 5) is 2.36. The Kier molecular flexibility index (Phi) is 5.07. The highest BCUT2D eigenvalue weighted by atomic mass is 79.9. The van der Waals surface area contributed by atoms with E-state index < -0.39 is 0 Å². The summed E-state index contributed by atoms with van der Waals surface area (Å²) in [5, 5.41) is 0. The van der Waals surface area contributed by atoms with E-state index in [9.17, 15) is 0 Å². The van der Waals surface area contributed by atoms with Crippen molar-refractivity contribution in [1.29, 1.82) is 0 Å². The van der Waals surface area contributed by atoms with Crippen molar-refractivity contribution in [3.05, 3.63) is 58.1 Å². The van der Waals surface area contributed by atoms with Crippen LogP contribution in [-0.4, -0.2) is 13.7 Å². The lowest BCUT2D eigenvalue weighted by Gasteiger charge is -2.26. The van der Waals surface area contributed by atoms with E-state index in [4.69, 9.17) is 4.74 Å². The predicted molar refractivity (Wildman–Crippen MR) is 88.6 cm³/mol. The van der Waals surface area contributed by atoms with Gasteiger partial charge in [-0.15, -0.1) is 0 Å². The van der Waals surface area contributed by atoms with Gasteiger partial charge in [0.05, 0.1) is 7.11 Å². The molecule has 2 aromatic carbocycles. The molecule has 0 bridgehead atoms. The third-order valence-corrected chi connectivity index (χ3v) is 3.93. The van der Waals surface area contributed by atoms with Crippen molar-refractivity contribution < 1.29 is 4.74 Å². The Labute approximate surface area is 129 Å². The molecule has 0 aliphatic carbocycles. The number of methoxy groups -OCH3 is 1. The molecule has 106 valence electrons. The Morgan fingerprint density at radius 3 is 2.55 bits per heavy atom. The van der Waals surface area contributed by atoms with Gasteiger partial charge in [-0.2, -0.15) is 0 Å². The van der Waals surface area contributed by atoms with Gasteiger partial charge in [0.2, 0.25) is 0 Å². The Bertz CT molecular complexity index is 583. The number of halogens is 1. The zero-order chi connectivity index (χ0) is 14.5. The van der Waals surface area contributed by atoms with Crippen molar-refractivity contribution in [1.82, 2.24) is 0 Å². The lowest BCUT2D eigenvalue weighted by molar-refractivity contribution is 0.409. The largest absolute Gasteiger partial charge is 0.496 e. The van der Waals surface area contributed by atoms with Crippen LogP contribution in [0.5, 0.6) is 5.75 Å². The molecule has 0 aliphatic rings. The van der Waals surface area contributed by atoms with Crippen LogP contribution in [0.2, 0.25) is 0 Å². The number of hydrogen-bond donors (Lipinski definition) is 0. The summed E-state index contributed by atoms with van der Waals surface area (Å²) < 4.78 is 6.54. The van der Waals surface area contributed by atoms with Gasteiger partial charge < -0.3 is 9.64 Å². The van der Waals surface area contributed by atoms with Gasteiger partial charge in [0.1, 0.15) is 5.75 Å². The molecule has 0 fully saturated rings. The highest BCUT2D eigenvalue weighted by Crippen LogP contribution is 2.27. The summed E-state index contributed by atoms with van der Waals surface area (Å²) >= 11 is 3.53. The van der Waals surface area contributed by atoms with Gasteiger partial charge >= 0.3 is 0 Å². The van der Waals surface area contributed by atoms with Gasteiger partial charge in [-0.1, -0.05) is 34.1 Å². The van der Waals surface area contributed by atoms with Crippen molar-refractivity contribution in [2.75, 3.05) is 18.6 Å². The molecule has 0 saturated heterocycles. The van der Waals surface area contributed by atoms with Crippen LogP contribution in [0.4, 0.5) is 5.69 Å². The molecule has 0 heterocycles. The lowest BCUT2D eigenvalue weighted by Crippen LogP contribution is -2.23. The van der Waals surface area contributed by atoms with Crippen LogP contribution < -0.4 is 9.64 Å². The Morgan fingerprint density at radius 2 is 1.90 bits per heavy atom. The molecule has 0 unspecified atom stereocenters. The van der Waals surface area contributed by atoms with Crippen LogP contribution in [-0.2, 0) is 6.54 Å². The SMILES string of the molecule is CCN(Cc1cc(Br)ccc1OC)c1ccccc1C. The van der Waals surface area contributed by atoms with E-state index in [0.717, 1.165) is 23.3 Å². The van der Waals surface area contributed by atoms with E-state index in [1.165, 1.54) is 16.8 Å². The topological polar surface area (TPSA) is 12.5 Å². The lowest BCUT2D eigenvalue weighted by atomic mass is 10.1. The first-order chi connectivity index (χ1) is 9.65. The van der Waals surface area contributed by atoms with Crippen LogP contribution in [0.25, 0.3) is 0 Å². The number of hydrogen-bond acceptors (Lipinski definition) is 2. The highest BCUT2D eigenvalue weighted by Gasteiger charge is 2.11. The molecule has 2 aromatic rings. The summed E-state index contributed by atoms with van der Waals surface area (Å²) in [5.74, 6) is 0.931. The maximum Gasteiger partial charge on any atom is 0.123 e. The maximum atomic E-state index is 5.46. The minimum Gasteiger partial charge on any atom is -0.496 e. The molecule has 0 aromatic heterocycles. The number of rotatable bonds is 5. The smallest absolute Gasteiger partial charge is 0.123 e. The van der Waals surface area contributed by atoms with Crippen LogP contribution in [0.15, 0.2) is 46.9 Å². The Morgan fingerprint density at radius 1 is 1.15 bits per heavy atom. The van der Waals surface area contributed by atoms with E-state index in [1.54, 1.807) is 7.11 Å². The number of ether oxygens (including phenoxy) is 1. The normalized spacial score (nSPS) is 10.4. The average molecular weight is 334 g/mol. The van der Waals surface area contributed by atoms with Gasteiger partial charge in [-0.3, -0.25) is 0 Å². The molecule has 0 amide bonds. The molecular weight excluding hydrogens is 314 g/mol. The van der Waals surface area contributed by atoms with Crippen molar-refractivity contribution in [3.8, 4) is 5.75 Å². The molecule has 20 heavy (non-hydrogen) atoms. The summed E-state index contributed by atoms with van der Waals surface area (Å²) in [6.07, 6.45) is 0. The maximum absolute atomic E-state index is 5.46. The molecule has 0 radical (unpaired) electrons. The van der Waals surface area contributed by atoms with Gasteiger partial charge in [0.25, 0.3) is 0 Å². The van der Waals surface area contributed by atoms with Crippen molar-refractivity contribution >= 4 is 21.6 Å². The summed E-state index contributed by atoms with van der Waals surface area (Å²) in [7, 11) is 1.72. The summed E-state index contributed by atoms with van der Waals surface area (Å²) in [6, 6.07) is 14.6. The molecule has 0 N–H and O–H groups in total. The average Bonchev–Trinajstić information content (AvgIpc) is 2.46. The van der Waals surface area contributed by atoms with E-state index in [-0.39, 0.29) is 0 Å². The quantitative estimate of drug-likeness (QED) is 0.779. The monoisotopic (exact) mass is 333 g/mol. The van der Waals surface area contributed by atoms with Crippen molar-refractivity contribution in [2.45, 2.75) is 20.4 Å². The Hall–Kier alpha value is -1.48. The standard InChI is InChI=1S/C17H20BrNO/c1-4-19(16-8-6-5-7-13(16)2)12-14-11-15(18)9-10-17(14)20-3/h5-11H,4,12H2,1-3H3. The fraction of sp³-hybridized carbons (Fsp3) is 0.294. The second kappa shape index (κ2) is 6.80. The number of benzene rings is 2. The van der Waals surface area contributed by atoms with Gasteiger partial charge in [0.15, 0.2) is 0 Å². The third kappa shape index (κ3) is 3.34. The van der Waals surface area contributed by atoms with E-state index in [1.807, 2.05) is 12.1 Å². The van der Waals surface area contributed by atoms with Crippen molar-refractivity contribution in [2.24, 2.45) is 0 Å². The van der Waals surface area contributed by atoms with E-state index in [0.29, 0.717) is 0 Å². The van der Waals surface area contributed by atoms with Gasteiger partial charge in [-0.25, -0.2) is 0 Å². The first-order valence-corrected chi connectivity index (χ1v) is 7.58. The van der Waals surface area contributed by atoms with Crippen LogP contribution in [0, 0.1) is 6.92 Å². The molecule has 0 atom stereocenters. The third-order valence-electron chi connectivity index (χ3n) is 3.44. The first kappa shape index (κ1) is 14.9. The fourth-order valence-electron chi connectivity index (χ4n) is 2.36. The highest BCUT2D eigenvalue weighted by molar-refractivity contribution is 9.10. The predicted octanol–water partition coefficient (Wildman–Crippen LogP) is 4.79. The van der Waals surface area contributed by atoms with Crippen molar-refractivity contribution in [3.63, 3.8) is 0 Å². The fourth-order valence-corrected chi connectivity index (χ4v) is 2.77. The number of anilines is 1. The molecule has 0 aliphatic heterocycles. The number of nitrogens with zero attached hydrogens (tertiary/aromatic N) is 1. The summed E-state index contributed by atoms with van der Waals surface area (Å²) in [6.45, 7) is 6.12. The second-order valence-electron chi connectivity index (χ2n) is 4.76. The van der Waals surface area contributed by atoms with Crippen LogP contribution in [0.3, 0.4) is 0 Å². The molecule has 0 spiro atoms. The second-order valence-corrected chi connectivity index (χ2v) is 5.67. The molecule has 2 rings (SSSR count). The number of para-hydroxylation sites is 1. The van der Waals surface area contributed by atoms with E-state index >= 15 is 0 Å². The van der Waals surface area contributed by atoms with Crippen LogP contribution >= 0.6 is 15.9 Å². The molecule has 2 nitrogen and oxygen atoms in total. The van der Waals surface area contributed by atoms with E-state index in [2.05, 4.69) is 65.0 Å². The van der Waals surface area contributed by atoms with Crippen LogP contribution in [0.1, 0.15) is 18.1 Å². The zero-order valence-corrected chi connectivity index (χ0v) is 13.8. The zero-order valence-electron chi connectivity index (χ0n) is 12.2. The summed E-state index contributed by atoms with van der Waals surface area (Å²) in [5.41, 5.74) is 3.76. The first-order valence-electron chi connectivity index (χ1n) is 6.78. The molecule has 3 heteroatoms. The molecular formula is C17H20BrNO. The molecule has 0 saturated carbocycles. The van der Waals surface area contributed by atoms with Gasteiger partial charge in [-0.05, 0) is 43.7 Å². The minimum atomic E-state index is 0.837. The van der Waals surface area contributed by atoms with Gasteiger partial charge in [0, 0.05) is 28.8 Å². The Balaban J connectivity index is 2.31. The number of aryl methyl sites for hydroxylation is 1.